The summed E-state index contributed by atoms with van der Waals surface area (Å²) in [5, 5.41) is 33.8. The molecule has 0 bridgehead atoms. The maximum atomic E-state index is 10.3. The lowest BCUT2D eigenvalue weighted by atomic mass is 9.82. The van der Waals surface area contributed by atoms with Gasteiger partial charge in [-0.25, -0.2) is 19.7 Å². The molecule has 3 aromatic rings. The number of aryl methyl sites for hydroxylation is 2. The van der Waals surface area contributed by atoms with Gasteiger partial charge in [0.05, 0.1) is 25.6 Å². The fraction of sp³-hybridized carbons (Fsp3) is 0.552. The van der Waals surface area contributed by atoms with Crippen molar-refractivity contribution in [3.05, 3.63) is 47.9 Å². The molecule has 0 spiro atoms. The summed E-state index contributed by atoms with van der Waals surface area (Å²) in [6, 6.07) is 4.31. The van der Waals surface area contributed by atoms with Gasteiger partial charge in [0.15, 0.2) is 11.2 Å². The molecule has 43 heavy (non-hydrogen) atoms. The van der Waals surface area contributed by atoms with Gasteiger partial charge in [-0.15, -0.1) is 0 Å². The van der Waals surface area contributed by atoms with Crippen molar-refractivity contribution in [1.29, 1.82) is 0 Å². The first-order valence-electron chi connectivity index (χ1n) is 14.0. The number of nitrogens with zero attached hydrogens (tertiary/aromatic N) is 5. The minimum Gasteiger partial charge on any atom is -0.481 e. The van der Waals surface area contributed by atoms with Gasteiger partial charge in [-0.1, -0.05) is 6.07 Å². The van der Waals surface area contributed by atoms with E-state index >= 15 is 0 Å². The molecule has 3 aromatic heterocycles. The molecule has 234 valence electrons. The van der Waals surface area contributed by atoms with Crippen LogP contribution in [0.5, 0.6) is 0 Å². The van der Waals surface area contributed by atoms with Gasteiger partial charge >= 0.3 is 17.9 Å². The van der Waals surface area contributed by atoms with Gasteiger partial charge in [-0.3, -0.25) is 19.5 Å². The van der Waals surface area contributed by atoms with Crippen molar-refractivity contribution in [2.45, 2.75) is 70.9 Å². The molecule has 0 amide bonds. The van der Waals surface area contributed by atoms with Crippen molar-refractivity contribution < 1.29 is 39.5 Å². The molecule has 5 N–H and O–H groups in total. The number of likely N-dealkylation sites (tertiary alicyclic amines) is 1. The normalized spacial score (nSPS) is 17.4. The number of aromatic nitrogens is 5. The quantitative estimate of drug-likeness (QED) is 0.191. The number of aliphatic carboxylic acids is 3. The van der Waals surface area contributed by atoms with E-state index in [1.165, 1.54) is 5.56 Å². The Morgan fingerprint density at radius 3 is 2.35 bits per heavy atom. The minimum atomic E-state index is -2.74. The number of carbonyl (C=O) groups is 3. The number of imidazole rings is 1. The SMILES string of the molecule is CCOC[C@@]1(CCc2nc3ncncc3[nH]2)CCN(C(C)(C)c2ccc(C)nc2)C1.O=C(O)CC(O)(CC(=O)O)C(=O)O. The van der Waals surface area contributed by atoms with Gasteiger partial charge in [-0.05, 0) is 58.7 Å². The number of carboxylic acids is 3. The second kappa shape index (κ2) is 14.0. The summed E-state index contributed by atoms with van der Waals surface area (Å²) in [6.45, 7) is 12.3. The van der Waals surface area contributed by atoms with Gasteiger partial charge in [0.25, 0.3) is 0 Å². The first-order chi connectivity index (χ1) is 20.2. The first kappa shape index (κ1) is 33.5. The Labute approximate surface area is 249 Å². The molecule has 1 saturated heterocycles. The molecule has 4 rings (SSSR count). The van der Waals surface area contributed by atoms with Crippen LogP contribution in [-0.2, 0) is 31.1 Å². The van der Waals surface area contributed by atoms with Gasteiger partial charge < -0.3 is 30.1 Å². The Bertz CT molecular complexity index is 1360. The second-order valence-corrected chi connectivity index (χ2v) is 11.5. The lowest BCUT2D eigenvalue weighted by molar-refractivity contribution is -0.170. The lowest BCUT2D eigenvalue weighted by Gasteiger charge is -2.38. The highest BCUT2D eigenvalue weighted by Gasteiger charge is 2.44. The van der Waals surface area contributed by atoms with Gasteiger partial charge in [0.1, 0.15) is 17.7 Å². The lowest BCUT2D eigenvalue weighted by Crippen LogP contribution is -2.42. The zero-order valence-electron chi connectivity index (χ0n) is 24.9. The number of aromatic amines is 1. The van der Waals surface area contributed by atoms with E-state index in [0.29, 0.717) is 0 Å². The predicted octanol–water partition coefficient (Wildman–Crippen LogP) is 2.40. The molecule has 1 atom stereocenters. The van der Waals surface area contributed by atoms with Crippen molar-refractivity contribution in [3.63, 3.8) is 0 Å². The van der Waals surface area contributed by atoms with Crippen LogP contribution < -0.4 is 0 Å². The van der Waals surface area contributed by atoms with Gasteiger partial charge in [-0.2, -0.15) is 0 Å². The monoisotopic (exact) mass is 600 g/mol. The molecule has 14 heteroatoms. The Balaban J connectivity index is 0.000000331. The number of pyridine rings is 1. The molecule has 1 aliphatic rings. The Morgan fingerprint density at radius 2 is 1.79 bits per heavy atom. The largest absolute Gasteiger partial charge is 0.481 e. The molecule has 1 aliphatic heterocycles. The molecule has 0 aromatic carbocycles. The number of carboxylic acid groups (broad SMARTS) is 3. The Morgan fingerprint density at radius 1 is 1.09 bits per heavy atom. The minimum absolute atomic E-state index is 0.0659. The highest BCUT2D eigenvalue weighted by atomic mass is 16.5. The smallest absolute Gasteiger partial charge is 0.336 e. The van der Waals surface area contributed by atoms with E-state index < -0.39 is 36.4 Å². The van der Waals surface area contributed by atoms with Crippen molar-refractivity contribution in [2.24, 2.45) is 5.41 Å². The molecule has 4 heterocycles. The summed E-state index contributed by atoms with van der Waals surface area (Å²) < 4.78 is 5.96. The molecule has 0 unspecified atom stereocenters. The summed E-state index contributed by atoms with van der Waals surface area (Å²) in [7, 11) is 0. The average molecular weight is 601 g/mol. The third kappa shape index (κ3) is 8.75. The summed E-state index contributed by atoms with van der Waals surface area (Å²) >= 11 is 0. The summed E-state index contributed by atoms with van der Waals surface area (Å²) in [5.74, 6) is -4.04. The van der Waals surface area contributed by atoms with Crippen molar-refractivity contribution >= 4 is 29.1 Å². The standard InChI is InChI=1S/C23H32N6O.C6H8O7/c1-5-30-15-23(9-8-20-27-19-13-24-16-26-21(19)28-20)10-11-29(14-23)22(3,4)18-7-6-17(2)25-12-18;7-3(8)1-6(13,5(11)12)2-4(9)10/h6-7,12-13,16H,5,8-11,14-15H2,1-4H3,(H,24,26,27,28);13H,1-2H2,(H,7,8)(H,9,10)(H,11,12)/t23-;/m0./s1. The van der Waals surface area contributed by atoms with Gasteiger partial charge in [0.2, 0.25) is 0 Å². The number of hydrogen-bond acceptors (Lipinski definition) is 10. The van der Waals surface area contributed by atoms with Crippen molar-refractivity contribution in [2.75, 3.05) is 26.3 Å². The van der Waals surface area contributed by atoms with Crippen LogP contribution >= 0.6 is 0 Å². The molecular formula is C29H40N6O8. The topological polar surface area (TPSA) is 212 Å². The summed E-state index contributed by atoms with van der Waals surface area (Å²) in [4.78, 5) is 53.9. The van der Waals surface area contributed by atoms with Crippen molar-refractivity contribution in [3.8, 4) is 0 Å². The third-order valence-corrected chi connectivity index (χ3v) is 7.85. The van der Waals surface area contributed by atoms with E-state index in [2.05, 4.69) is 62.7 Å². The highest BCUT2D eigenvalue weighted by Crippen LogP contribution is 2.41. The second-order valence-electron chi connectivity index (χ2n) is 11.5. The van der Waals surface area contributed by atoms with Crippen molar-refractivity contribution in [1.82, 2.24) is 29.8 Å². The van der Waals surface area contributed by atoms with E-state index in [-0.39, 0.29) is 11.0 Å². The van der Waals surface area contributed by atoms with Gasteiger partial charge in [0, 0.05) is 42.4 Å². The van der Waals surface area contributed by atoms with E-state index in [1.807, 2.05) is 13.1 Å². The zero-order valence-corrected chi connectivity index (χ0v) is 24.9. The number of aliphatic hydroxyl groups is 1. The number of nitrogens with one attached hydrogen (secondary N) is 1. The van der Waals surface area contributed by atoms with E-state index in [1.54, 1.807) is 12.5 Å². The molecule has 0 aliphatic carbocycles. The molecule has 0 radical (unpaired) electrons. The average Bonchev–Trinajstić information content (AvgIpc) is 3.56. The number of H-pyrrole nitrogens is 1. The first-order valence-corrected chi connectivity index (χ1v) is 14.0. The third-order valence-electron chi connectivity index (χ3n) is 7.85. The van der Waals surface area contributed by atoms with Crippen LogP contribution in [0, 0.1) is 12.3 Å². The maximum Gasteiger partial charge on any atom is 0.336 e. The molecule has 14 nitrogen and oxygen atoms in total. The molecular weight excluding hydrogens is 560 g/mol. The van der Waals surface area contributed by atoms with E-state index in [9.17, 15) is 14.4 Å². The summed E-state index contributed by atoms with van der Waals surface area (Å²) in [6.07, 6.45) is 6.08. The van der Waals surface area contributed by atoms with Crippen LogP contribution in [0.25, 0.3) is 11.2 Å². The Hall–Kier alpha value is -4.01. The summed E-state index contributed by atoms with van der Waals surface area (Å²) in [5.41, 5.74) is 1.26. The van der Waals surface area contributed by atoms with Crippen LogP contribution in [0.3, 0.4) is 0 Å². The maximum absolute atomic E-state index is 10.3. The number of ether oxygens (including phenoxy) is 1. The fourth-order valence-electron chi connectivity index (χ4n) is 5.16. The predicted molar refractivity (Wildman–Crippen MR) is 154 cm³/mol. The van der Waals surface area contributed by atoms with Crippen LogP contribution in [0.4, 0.5) is 0 Å². The van der Waals surface area contributed by atoms with Crippen LogP contribution in [0.2, 0.25) is 0 Å². The number of rotatable bonds is 13. The fourth-order valence-corrected chi connectivity index (χ4v) is 5.16. The van der Waals surface area contributed by atoms with Crippen LogP contribution in [0.15, 0.2) is 30.9 Å². The van der Waals surface area contributed by atoms with E-state index in [4.69, 9.17) is 25.2 Å². The molecule has 0 saturated carbocycles. The van der Waals surface area contributed by atoms with Crippen LogP contribution in [0.1, 0.15) is 63.5 Å². The highest BCUT2D eigenvalue weighted by molar-refractivity contribution is 5.88. The molecule has 1 fully saturated rings. The van der Waals surface area contributed by atoms with E-state index in [0.717, 1.165) is 68.2 Å². The zero-order chi connectivity index (χ0) is 31.8. The van der Waals surface area contributed by atoms with Crippen LogP contribution in [-0.4, -0.2) is 100 Å². The Kier molecular flexibility index (Phi) is 10.9. The number of fused-ring (bicyclic) bond motifs is 1. The number of hydrogen-bond donors (Lipinski definition) is 5.